The molecule has 4 aromatic rings. The molecule has 105 heavy (non-hydrogen) atoms. The van der Waals surface area contributed by atoms with Gasteiger partial charge in [-0.05, 0) is 130 Å². The Kier molecular flexibility index (Phi) is 36.2. The van der Waals surface area contributed by atoms with Crippen LogP contribution in [0, 0.1) is 47.3 Å². The molecule has 20 nitrogen and oxygen atoms in total. The third-order valence-electron chi connectivity index (χ3n) is 20.1. The minimum Gasteiger partial charge on any atom is -0.382 e. The first kappa shape index (κ1) is 86.5. The van der Waals surface area contributed by atoms with E-state index in [0.717, 1.165) is 22.3 Å². The van der Waals surface area contributed by atoms with Crippen LogP contribution in [0.3, 0.4) is 0 Å². The lowest BCUT2D eigenvalue weighted by molar-refractivity contribution is -0.142. The number of nitrogens with zero attached hydrogens (tertiary/aromatic N) is 2. The molecule has 10 atom stereocenters. The summed E-state index contributed by atoms with van der Waals surface area (Å²) in [6.07, 6.45) is 4.29. The number of nitrogens with one attached hydrogen (secondary N) is 4. The first-order chi connectivity index (χ1) is 50.0. The molecule has 0 saturated carbocycles. The summed E-state index contributed by atoms with van der Waals surface area (Å²) in [6.45, 7) is 26.5. The van der Waals surface area contributed by atoms with Gasteiger partial charge in [0.2, 0.25) is 23.6 Å². The number of carbonyl (C=O) groups excluding carboxylic acids is 10. The van der Waals surface area contributed by atoms with Gasteiger partial charge in [0.15, 0.2) is 23.1 Å². The normalized spacial score (nSPS) is 18.4. The van der Waals surface area contributed by atoms with Crippen LogP contribution in [0.4, 0.5) is 0 Å². The largest absolute Gasteiger partial charge is 0.382 e. The van der Waals surface area contributed by atoms with Gasteiger partial charge in [0.05, 0.1) is 70.3 Å². The van der Waals surface area contributed by atoms with Gasteiger partial charge in [0, 0.05) is 75.5 Å². The number of epoxide rings is 1. The second-order valence-corrected chi connectivity index (χ2v) is 31.5. The molecule has 7 rings (SSSR count). The summed E-state index contributed by atoms with van der Waals surface area (Å²) >= 11 is 0. The van der Waals surface area contributed by atoms with E-state index in [1.807, 2.05) is 182 Å². The molecule has 20 heteroatoms. The number of hydrogen-bond acceptors (Lipinski definition) is 16. The Bertz CT molecular complexity index is 3370. The maximum atomic E-state index is 14.2. The third kappa shape index (κ3) is 31.1. The number of benzene rings is 4. The fourth-order valence-corrected chi connectivity index (χ4v) is 13.6. The van der Waals surface area contributed by atoms with Crippen molar-refractivity contribution >= 4 is 58.3 Å². The summed E-state index contributed by atoms with van der Waals surface area (Å²) in [4.78, 5) is 142. The summed E-state index contributed by atoms with van der Waals surface area (Å²) < 4.78 is 16.3. The molecule has 3 fully saturated rings. The van der Waals surface area contributed by atoms with Gasteiger partial charge >= 0.3 is 0 Å². The molecule has 3 aliphatic rings. The van der Waals surface area contributed by atoms with Gasteiger partial charge < -0.3 is 40.6 Å². The van der Waals surface area contributed by atoms with Crippen molar-refractivity contribution in [3.8, 4) is 0 Å². The smallest absolute Gasteiger partial charge is 0.224 e. The number of carbonyl (C=O) groups is 10. The van der Waals surface area contributed by atoms with E-state index in [4.69, 9.17) is 14.2 Å². The zero-order valence-corrected chi connectivity index (χ0v) is 64.5. The van der Waals surface area contributed by atoms with Crippen molar-refractivity contribution in [1.29, 1.82) is 0 Å². The van der Waals surface area contributed by atoms with Crippen LogP contribution in [0.5, 0.6) is 0 Å². The second-order valence-electron chi connectivity index (χ2n) is 31.5. The number of aryl methyl sites for hydroxylation is 2. The maximum absolute atomic E-state index is 14.2. The molecule has 0 unspecified atom stereocenters. The number of hydrogen-bond donors (Lipinski definition) is 5. The van der Waals surface area contributed by atoms with Gasteiger partial charge in [-0.15, -0.1) is 0 Å². The van der Waals surface area contributed by atoms with Crippen LogP contribution < -0.4 is 21.3 Å². The third-order valence-corrected chi connectivity index (χ3v) is 20.1. The summed E-state index contributed by atoms with van der Waals surface area (Å²) in [6, 6.07) is 35.2. The average molecular weight is 1450 g/mol. The Labute approximate surface area is 624 Å². The van der Waals surface area contributed by atoms with Crippen molar-refractivity contribution in [2.75, 3.05) is 72.3 Å². The zero-order chi connectivity index (χ0) is 76.6. The standard InChI is InChI=1S/C43H63N3O7.C42H59N3O7/c1-7-43(6,52)40(49)38(25-31(4)5)45-42(51)35(26-33-16-12-9-13-17-33)28-39(48)37(24-30(2)3)44-41(50)34(19-18-32-14-10-8-11-15-32)27-36(47)29-46-20-22-53-23-21-46;1-29(2)22-36(43-40(49)33(17-16-31-12-8-6-9-13-31)25-35(46)27-45-18-20-51-21-19-45)38(47)26-34(24-32-14-10-7-11-15-32)41(50)44-37(23-30(3)4)39(48)42(5)28-52-42/h8-17,30-31,34-35,37-38,52H,7,18-29H2,1-6H3,(H,44,50)(H,45,51);6-15,29-30,33-34,36-37H,16-28H2,1-5H3,(H,43,49)(H,44,50)/t34-,35-,37+,38+,43-;33-,34-,36+,37+,42-/m11/s1. The van der Waals surface area contributed by atoms with Crippen molar-refractivity contribution in [3.05, 3.63) is 144 Å². The molecule has 0 aliphatic carbocycles. The van der Waals surface area contributed by atoms with Gasteiger partial charge in [0.1, 0.15) is 22.8 Å². The quantitative estimate of drug-likeness (QED) is 0.0258. The number of aliphatic hydroxyl groups is 1. The van der Waals surface area contributed by atoms with Crippen molar-refractivity contribution < 1.29 is 67.3 Å². The van der Waals surface area contributed by atoms with Crippen molar-refractivity contribution in [1.82, 2.24) is 31.1 Å². The average Bonchev–Trinajstić information content (AvgIpc) is 1.63. The summed E-state index contributed by atoms with van der Waals surface area (Å²) in [5, 5.41) is 22.8. The number of morpholine rings is 2. The highest BCUT2D eigenvalue weighted by atomic mass is 16.6. The lowest BCUT2D eigenvalue weighted by atomic mass is 9.86. The van der Waals surface area contributed by atoms with Crippen LogP contribution in [0.15, 0.2) is 121 Å². The fraction of sp³-hybridized carbons (Fsp3) is 0.600. The lowest BCUT2D eigenvalue weighted by Crippen LogP contribution is -2.53. The molecule has 576 valence electrons. The Morgan fingerprint density at radius 3 is 1.09 bits per heavy atom. The molecule has 4 aromatic carbocycles. The second kappa shape index (κ2) is 44.0. The molecule has 0 spiro atoms. The lowest BCUT2D eigenvalue weighted by Gasteiger charge is -2.30. The highest BCUT2D eigenvalue weighted by Crippen LogP contribution is 2.31. The van der Waals surface area contributed by atoms with E-state index in [9.17, 15) is 53.1 Å². The van der Waals surface area contributed by atoms with E-state index in [2.05, 4.69) is 26.2 Å². The van der Waals surface area contributed by atoms with Crippen LogP contribution in [0.25, 0.3) is 0 Å². The molecule has 0 bridgehead atoms. The van der Waals surface area contributed by atoms with Gasteiger partial charge in [-0.2, -0.15) is 0 Å². The molecular formula is C85H122N6O14. The fourth-order valence-electron chi connectivity index (χ4n) is 13.6. The van der Waals surface area contributed by atoms with E-state index in [-0.39, 0.29) is 122 Å². The Morgan fingerprint density at radius 2 is 0.752 bits per heavy atom. The van der Waals surface area contributed by atoms with E-state index in [0.29, 0.717) is 117 Å². The number of amides is 4. The SMILES string of the molecule is CC(C)C[C@H](NC(=O)[C@H](CCc1ccccc1)CC(=O)CN1CCOCC1)C(=O)C[C@@H](Cc1ccccc1)C(=O)N[C@@H](CC(C)C)C(=O)[C@@]1(C)CO1.CC[C@@](C)(O)C(=O)[C@H](CC(C)C)NC(=O)[C@@H](CC(=O)[C@H](CC(C)C)NC(=O)[C@H](CCc1ccccc1)CC(=O)CN1CCOCC1)Cc1ccccc1. The van der Waals surface area contributed by atoms with Gasteiger partial charge in [-0.25, -0.2) is 0 Å². The molecule has 0 radical (unpaired) electrons. The molecule has 5 N–H and O–H groups in total. The number of rotatable bonds is 45. The van der Waals surface area contributed by atoms with Crippen LogP contribution in [-0.4, -0.2) is 181 Å². The van der Waals surface area contributed by atoms with E-state index in [1.165, 1.54) is 6.92 Å². The number of Topliss-reactive ketones (excluding diaryl/α,β-unsaturated/α-hetero) is 6. The topological polar surface area (TPSA) is 277 Å². The van der Waals surface area contributed by atoms with Crippen molar-refractivity contribution in [2.24, 2.45) is 47.3 Å². The van der Waals surface area contributed by atoms with Crippen LogP contribution in [0.2, 0.25) is 0 Å². The number of ketones is 6. The minimum absolute atomic E-state index is 0.0163. The molecule has 0 aromatic heterocycles. The molecule has 4 amide bonds. The summed E-state index contributed by atoms with van der Waals surface area (Å²) in [5.41, 5.74) is 1.38. The highest BCUT2D eigenvalue weighted by Gasteiger charge is 2.50. The van der Waals surface area contributed by atoms with Crippen LogP contribution in [0.1, 0.15) is 169 Å². The molecule has 3 saturated heterocycles. The molecule has 3 heterocycles. The predicted octanol–water partition coefficient (Wildman–Crippen LogP) is 9.90. The van der Waals surface area contributed by atoms with E-state index in [1.54, 1.807) is 13.8 Å². The molecule has 3 aliphatic heterocycles. The Morgan fingerprint density at radius 1 is 0.448 bits per heavy atom. The highest BCUT2D eigenvalue weighted by molar-refractivity contribution is 5.99. The molecular weight excluding hydrogens is 1330 g/mol. The van der Waals surface area contributed by atoms with E-state index >= 15 is 0 Å². The Hall–Kier alpha value is -7.46. The van der Waals surface area contributed by atoms with Crippen LogP contribution >= 0.6 is 0 Å². The first-order valence-corrected chi connectivity index (χ1v) is 38.5. The van der Waals surface area contributed by atoms with Crippen molar-refractivity contribution in [3.63, 3.8) is 0 Å². The monoisotopic (exact) mass is 1450 g/mol. The maximum Gasteiger partial charge on any atom is 0.224 e. The summed E-state index contributed by atoms with van der Waals surface area (Å²) in [5.74, 6) is -5.17. The number of ether oxygens (including phenoxy) is 3. The predicted molar refractivity (Wildman–Crippen MR) is 408 cm³/mol. The van der Waals surface area contributed by atoms with Gasteiger partial charge in [-0.1, -0.05) is 184 Å². The van der Waals surface area contributed by atoms with Crippen LogP contribution in [-0.2, 0) is 87.8 Å². The minimum atomic E-state index is -1.61. The van der Waals surface area contributed by atoms with Crippen molar-refractivity contribution in [2.45, 2.75) is 208 Å². The zero-order valence-electron chi connectivity index (χ0n) is 64.5. The van der Waals surface area contributed by atoms with Gasteiger partial charge in [0.25, 0.3) is 0 Å². The summed E-state index contributed by atoms with van der Waals surface area (Å²) in [7, 11) is 0. The first-order valence-electron chi connectivity index (χ1n) is 38.5. The van der Waals surface area contributed by atoms with Gasteiger partial charge in [-0.3, -0.25) is 57.7 Å². The Balaban J connectivity index is 0.000000329. The van der Waals surface area contributed by atoms with E-state index < -0.39 is 70.7 Å².